The van der Waals surface area contributed by atoms with Crippen molar-refractivity contribution in [3.8, 4) is 0 Å². The van der Waals surface area contributed by atoms with Gasteiger partial charge in [0.15, 0.2) is 4.34 Å². The number of ether oxygens (including phenoxy) is 1. The first-order chi connectivity index (χ1) is 7.90. The van der Waals surface area contributed by atoms with Crippen molar-refractivity contribution >= 4 is 29.3 Å². The van der Waals surface area contributed by atoms with Gasteiger partial charge < -0.3 is 4.74 Å². The van der Waals surface area contributed by atoms with E-state index in [0.29, 0.717) is 12.2 Å². The molecule has 0 unspecified atom stereocenters. The average molecular weight is 274 g/mol. The van der Waals surface area contributed by atoms with Crippen molar-refractivity contribution in [2.75, 3.05) is 5.75 Å². The lowest BCUT2D eigenvalue weighted by molar-refractivity contribution is -0.154. The second-order valence-corrected chi connectivity index (χ2v) is 6.61. The molecule has 0 aliphatic carbocycles. The van der Waals surface area contributed by atoms with E-state index in [1.54, 1.807) is 11.8 Å². The Hall–Kier alpha value is -0.620. The Morgan fingerprint density at radius 3 is 2.71 bits per heavy atom. The molecule has 96 valence electrons. The van der Waals surface area contributed by atoms with E-state index < -0.39 is 5.60 Å². The lowest BCUT2D eigenvalue weighted by Gasteiger charge is -2.19. The second kappa shape index (κ2) is 6.35. The van der Waals surface area contributed by atoms with Crippen molar-refractivity contribution in [1.29, 1.82) is 0 Å². The van der Waals surface area contributed by atoms with Crippen molar-refractivity contribution in [2.45, 2.75) is 50.5 Å². The van der Waals surface area contributed by atoms with Crippen molar-refractivity contribution in [3.63, 3.8) is 0 Å². The first-order valence-corrected chi connectivity index (χ1v) is 7.34. The highest BCUT2D eigenvalue weighted by Gasteiger charge is 2.16. The molecule has 0 amide bonds. The first kappa shape index (κ1) is 14.4. The molecule has 0 N–H and O–H groups in total. The van der Waals surface area contributed by atoms with Gasteiger partial charge in [-0.25, -0.2) is 4.98 Å². The Balaban J connectivity index is 2.26. The predicted molar refractivity (Wildman–Crippen MR) is 70.5 cm³/mol. The third-order valence-corrected chi connectivity index (χ3v) is 3.59. The number of thioether (sulfide) groups is 1. The Morgan fingerprint density at radius 2 is 2.18 bits per heavy atom. The fourth-order valence-electron chi connectivity index (χ4n) is 1.05. The van der Waals surface area contributed by atoms with Crippen LogP contribution in [-0.2, 0) is 16.0 Å². The number of carbonyl (C=O) groups is 1. The van der Waals surface area contributed by atoms with Gasteiger partial charge in [-0.1, -0.05) is 18.7 Å². The Kier molecular flexibility index (Phi) is 5.39. The summed E-state index contributed by atoms with van der Waals surface area (Å²) in [7, 11) is 0. The van der Waals surface area contributed by atoms with Crippen LogP contribution in [0.4, 0.5) is 0 Å². The fraction of sp³-hybridized carbons (Fsp3) is 0.727. The zero-order chi connectivity index (χ0) is 12.9. The smallest absolute Gasteiger partial charge is 0.307 e. The number of carbonyl (C=O) groups excluding carboxylic acids is 1. The average Bonchev–Trinajstić information content (AvgIpc) is 2.63. The van der Waals surface area contributed by atoms with Gasteiger partial charge in [0.25, 0.3) is 0 Å². The topological polar surface area (TPSA) is 52.1 Å². The van der Waals surface area contributed by atoms with E-state index in [0.717, 1.165) is 16.6 Å². The van der Waals surface area contributed by atoms with Crippen LogP contribution < -0.4 is 0 Å². The molecule has 0 saturated carbocycles. The molecular weight excluding hydrogens is 256 g/mol. The Bertz CT molecular complexity index is 372. The highest BCUT2D eigenvalue weighted by Crippen LogP contribution is 2.21. The molecule has 17 heavy (non-hydrogen) atoms. The van der Waals surface area contributed by atoms with Crippen LogP contribution in [0.3, 0.4) is 0 Å². The van der Waals surface area contributed by atoms with Gasteiger partial charge in [-0.3, -0.25) is 4.79 Å². The molecule has 1 aromatic rings. The number of aryl methyl sites for hydroxylation is 1. The number of nitrogens with zero attached hydrogens (tertiary/aromatic N) is 2. The third-order valence-electron chi connectivity index (χ3n) is 1.72. The lowest BCUT2D eigenvalue weighted by Crippen LogP contribution is -2.23. The van der Waals surface area contributed by atoms with Gasteiger partial charge in [0.05, 0.1) is 6.42 Å². The lowest BCUT2D eigenvalue weighted by atomic mass is 10.2. The summed E-state index contributed by atoms with van der Waals surface area (Å²) in [6.45, 7) is 7.64. The van der Waals surface area contributed by atoms with E-state index in [4.69, 9.17) is 4.74 Å². The summed E-state index contributed by atoms with van der Waals surface area (Å²) in [4.78, 5) is 15.8. The van der Waals surface area contributed by atoms with Crippen LogP contribution in [0.1, 0.15) is 39.9 Å². The zero-order valence-electron chi connectivity index (χ0n) is 10.6. The summed E-state index contributed by atoms with van der Waals surface area (Å²) >= 11 is 2.94. The molecule has 1 aromatic heterocycles. The van der Waals surface area contributed by atoms with Gasteiger partial charge in [0, 0.05) is 12.2 Å². The van der Waals surface area contributed by atoms with Crippen molar-refractivity contribution < 1.29 is 9.53 Å². The van der Waals surface area contributed by atoms with E-state index >= 15 is 0 Å². The fourth-order valence-corrected chi connectivity index (χ4v) is 2.74. The molecule has 0 saturated heterocycles. The molecule has 1 rings (SSSR count). The predicted octanol–water partition coefficient (Wildman–Crippen LogP) is 2.92. The normalized spacial score (nSPS) is 11.5. The molecule has 0 radical (unpaired) electrons. The molecule has 0 atom stereocenters. The minimum absolute atomic E-state index is 0.162. The summed E-state index contributed by atoms with van der Waals surface area (Å²) in [5.41, 5.74) is -0.403. The highest BCUT2D eigenvalue weighted by atomic mass is 32.2. The van der Waals surface area contributed by atoms with Gasteiger partial charge in [-0.2, -0.15) is 4.37 Å². The van der Waals surface area contributed by atoms with Crippen LogP contribution in [0.15, 0.2) is 4.34 Å². The van der Waals surface area contributed by atoms with E-state index in [2.05, 4.69) is 9.36 Å². The largest absolute Gasteiger partial charge is 0.460 e. The van der Waals surface area contributed by atoms with Crippen molar-refractivity contribution in [2.24, 2.45) is 0 Å². The van der Waals surface area contributed by atoms with Crippen molar-refractivity contribution in [1.82, 2.24) is 9.36 Å². The zero-order valence-corrected chi connectivity index (χ0v) is 12.3. The molecule has 0 bridgehead atoms. The van der Waals surface area contributed by atoms with E-state index in [-0.39, 0.29) is 5.97 Å². The third kappa shape index (κ3) is 6.02. The first-order valence-electron chi connectivity index (χ1n) is 5.58. The molecule has 1 heterocycles. The van der Waals surface area contributed by atoms with Gasteiger partial charge >= 0.3 is 5.97 Å². The summed E-state index contributed by atoms with van der Waals surface area (Å²) in [5, 5.41) is 0. The maximum Gasteiger partial charge on any atom is 0.307 e. The maximum absolute atomic E-state index is 11.4. The van der Waals surface area contributed by atoms with Gasteiger partial charge in [-0.15, -0.1) is 0 Å². The van der Waals surface area contributed by atoms with E-state index in [9.17, 15) is 4.79 Å². The van der Waals surface area contributed by atoms with Gasteiger partial charge in [-0.05, 0) is 32.3 Å². The number of aromatic nitrogens is 2. The standard InChI is InChI=1S/C11H18N2O2S2/c1-5-8-12-10(17-13-8)16-7-6-9(14)15-11(2,3)4/h5-7H2,1-4H3. The number of hydrogen-bond donors (Lipinski definition) is 0. The van der Waals surface area contributed by atoms with Crippen LogP contribution in [0, 0.1) is 0 Å². The Labute approximate surface area is 110 Å². The number of esters is 1. The molecule has 0 aliphatic heterocycles. The summed E-state index contributed by atoms with van der Waals surface area (Å²) < 4.78 is 10.3. The molecule has 0 fully saturated rings. The second-order valence-electron chi connectivity index (χ2n) is 4.51. The Morgan fingerprint density at radius 1 is 1.47 bits per heavy atom. The highest BCUT2D eigenvalue weighted by molar-refractivity contribution is 8.00. The van der Waals surface area contributed by atoms with Crippen LogP contribution in [0.25, 0.3) is 0 Å². The molecular formula is C11H18N2O2S2. The minimum atomic E-state index is -0.403. The monoisotopic (exact) mass is 274 g/mol. The molecule has 0 aromatic carbocycles. The van der Waals surface area contributed by atoms with Crippen LogP contribution in [0.5, 0.6) is 0 Å². The van der Waals surface area contributed by atoms with E-state index in [1.165, 1.54) is 11.5 Å². The summed E-state index contributed by atoms with van der Waals surface area (Å²) in [5.74, 6) is 1.40. The minimum Gasteiger partial charge on any atom is -0.460 e. The molecule has 6 heteroatoms. The summed E-state index contributed by atoms with van der Waals surface area (Å²) in [6.07, 6.45) is 1.26. The summed E-state index contributed by atoms with van der Waals surface area (Å²) in [6, 6.07) is 0. The quantitative estimate of drug-likeness (QED) is 0.610. The molecule has 4 nitrogen and oxygen atoms in total. The SMILES string of the molecule is CCc1nsc(SCCC(=O)OC(C)(C)C)n1. The molecule has 0 spiro atoms. The maximum atomic E-state index is 11.4. The molecule has 0 aliphatic rings. The van der Waals surface area contributed by atoms with E-state index in [1.807, 2.05) is 27.7 Å². The van der Waals surface area contributed by atoms with Crippen LogP contribution in [0.2, 0.25) is 0 Å². The number of hydrogen-bond acceptors (Lipinski definition) is 6. The van der Waals surface area contributed by atoms with Gasteiger partial charge in [0.2, 0.25) is 0 Å². The van der Waals surface area contributed by atoms with Crippen LogP contribution in [-0.4, -0.2) is 26.7 Å². The van der Waals surface area contributed by atoms with Crippen molar-refractivity contribution in [3.05, 3.63) is 5.82 Å². The van der Waals surface area contributed by atoms with Gasteiger partial charge in [0.1, 0.15) is 11.4 Å². The number of rotatable bonds is 5. The van der Waals surface area contributed by atoms with Crippen LogP contribution >= 0.6 is 23.3 Å².